The van der Waals surface area contributed by atoms with Crippen LogP contribution >= 0.6 is 11.6 Å². The summed E-state index contributed by atoms with van der Waals surface area (Å²) >= 11 is 6.43. The molecule has 1 aliphatic rings. The van der Waals surface area contributed by atoms with Crippen LogP contribution in [0.25, 0.3) is 22.2 Å². The molecular formula is C23H25ClN4O3. The number of rotatable bonds is 4. The zero-order valence-corrected chi connectivity index (χ0v) is 18.1. The first kappa shape index (κ1) is 22.7. The van der Waals surface area contributed by atoms with Gasteiger partial charge in [0.25, 0.3) is 5.91 Å². The predicted octanol–water partition coefficient (Wildman–Crippen LogP) is 3.87. The zero-order chi connectivity index (χ0) is 22.2. The lowest BCUT2D eigenvalue weighted by atomic mass is 10.1. The Balaban J connectivity index is 0.000000401. The molecule has 7 nitrogen and oxygen atoms in total. The molecule has 0 saturated carbocycles. The van der Waals surface area contributed by atoms with Crippen molar-refractivity contribution in [1.82, 2.24) is 20.2 Å². The van der Waals surface area contributed by atoms with Gasteiger partial charge < -0.3 is 15.3 Å². The number of piperazine rings is 1. The van der Waals surface area contributed by atoms with Crippen molar-refractivity contribution in [3.05, 3.63) is 59.4 Å². The lowest BCUT2D eigenvalue weighted by molar-refractivity contribution is -0.137. The molecule has 2 N–H and O–H groups in total. The fourth-order valence-corrected chi connectivity index (χ4v) is 3.51. The average molecular weight is 441 g/mol. The monoisotopic (exact) mass is 440 g/mol. The Bertz CT molecular complexity index is 1050. The number of carbonyl (C=O) groups is 2. The Morgan fingerprint density at radius 2 is 1.97 bits per heavy atom. The SMILES string of the molecule is CCCC(=O)O.O=C(c1ccc2c(Cl)cc(-c3cccnc3)nc2c1)N1CCNCC1. The first-order valence-electron chi connectivity index (χ1n) is 10.2. The number of hydrogen-bond acceptors (Lipinski definition) is 5. The summed E-state index contributed by atoms with van der Waals surface area (Å²) in [4.78, 5) is 33.0. The molecule has 3 heterocycles. The largest absolute Gasteiger partial charge is 0.481 e. The molecule has 1 saturated heterocycles. The number of carbonyl (C=O) groups excluding carboxylic acids is 1. The summed E-state index contributed by atoms with van der Waals surface area (Å²) in [5, 5.41) is 12.6. The molecule has 1 amide bonds. The Morgan fingerprint density at radius 3 is 2.58 bits per heavy atom. The molecule has 0 spiro atoms. The summed E-state index contributed by atoms with van der Waals surface area (Å²) in [6.45, 7) is 4.94. The van der Waals surface area contributed by atoms with Gasteiger partial charge in [-0.3, -0.25) is 14.6 Å². The van der Waals surface area contributed by atoms with Crippen molar-refractivity contribution in [2.75, 3.05) is 26.2 Å². The summed E-state index contributed by atoms with van der Waals surface area (Å²) in [5.41, 5.74) is 3.00. The maximum atomic E-state index is 12.7. The van der Waals surface area contributed by atoms with E-state index in [0.29, 0.717) is 22.5 Å². The zero-order valence-electron chi connectivity index (χ0n) is 17.3. The third-order valence-corrected chi connectivity index (χ3v) is 5.14. The number of nitrogens with zero attached hydrogens (tertiary/aromatic N) is 3. The molecule has 0 aliphatic carbocycles. The van der Waals surface area contributed by atoms with Crippen LogP contribution in [0.2, 0.25) is 5.02 Å². The van der Waals surface area contributed by atoms with E-state index in [4.69, 9.17) is 16.7 Å². The molecule has 1 aromatic carbocycles. The van der Waals surface area contributed by atoms with Crippen LogP contribution in [0.1, 0.15) is 30.1 Å². The van der Waals surface area contributed by atoms with Crippen molar-refractivity contribution in [3.8, 4) is 11.3 Å². The smallest absolute Gasteiger partial charge is 0.303 e. The number of fused-ring (bicyclic) bond motifs is 1. The van der Waals surface area contributed by atoms with E-state index in [0.717, 1.165) is 49.2 Å². The Hall–Kier alpha value is -3.03. The van der Waals surface area contributed by atoms with Gasteiger partial charge in [-0.1, -0.05) is 24.6 Å². The number of halogens is 1. The maximum absolute atomic E-state index is 12.7. The summed E-state index contributed by atoms with van der Waals surface area (Å²) in [7, 11) is 0. The standard InChI is InChI=1S/C19H17ClN4O.C4H8O2/c20-16-11-17(14-2-1-5-22-12-14)23-18-10-13(3-4-15(16)18)19(25)24-8-6-21-7-9-24;1-2-3-4(5)6/h1-5,10-12,21H,6-9H2;2-3H2,1H3,(H,5,6). The van der Waals surface area contributed by atoms with E-state index in [2.05, 4.69) is 15.3 Å². The molecule has 3 aromatic rings. The highest BCUT2D eigenvalue weighted by Crippen LogP contribution is 2.28. The van der Waals surface area contributed by atoms with Crippen LogP contribution in [-0.2, 0) is 4.79 Å². The van der Waals surface area contributed by atoms with E-state index in [9.17, 15) is 9.59 Å². The van der Waals surface area contributed by atoms with Crippen LogP contribution in [0.3, 0.4) is 0 Å². The molecule has 162 valence electrons. The lowest BCUT2D eigenvalue weighted by Gasteiger charge is -2.27. The van der Waals surface area contributed by atoms with Gasteiger partial charge in [-0.05, 0) is 36.8 Å². The number of aromatic nitrogens is 2. The molecule has 31 heavy (non-hydrogen) atoms. The number of carboxylic acids is 1. The molecule has 0 radical (unpaired) electrons. The number of amides is 1. The second-order valence-corrected chi connectivity index (χ2v) is 7.56. The minimum absolute atomic E-state index is 0.0353. The van der Waals surface area contributed by atoms with Crippen LogP contribution in [0.15, 0.2) is 48.8 Å². The quantitative estimate of drug-likeness (QED) is 0.639. The molecule has 0 bridgehead atoms. The molecule has 4 rings (SSSR count). The first-order valence-corrected chi connectivity index (χ1v) is 10.6. The van der Waals surface area contributed by atoms with Crippen molar-refractivity contribution < 1.29 is 14.7 Å². The minimum atomic E-state index is -0.711. The van der Waals surface area contributed by atoms with Gasteiger partial charge >= 0.3 is 5.97 Å². The number of nitrogens with one attached hydrogen (secondary N) is 1. The predicted molar refractivity (Wildman–Crippen MR) is 121 cm³/mol. The first-order chi connectivity index (χ1) is 15.0. The number of benzene rings is 1. The molecule has 0 atom stereocenters. The average Bonchev–Trinajstić information content (AvgIpc) is 2.79. The third kappa shape index (κ3) is 5.99. The Kier molecular flexibility index (Phi) is 7.92. The Morgan fingerprint density at radius 1 is 1.19 bits per heavy atom. The van der Waals surface area contributed by atoms with Crippen molar-refractivity contribution in [3.63, 3.8) is 0 Å². The van der Waals surface area contributed by atoms with E-state index in [1.165, 1.54) is 0 Å². The Labute approximate surface area is 186 Å². The van der Waals surface area contributed by atoms with Crippen LogP contribution in [0.5, 0.6) is 0 Å². The van der Waals surface area contributed by atoms with Crippen LogP contribution in [0, 0.1) is 0 Å². The second-order valence-electron chi connectivity index (χ2n) is 7.15. The van der Waals surface area contributed by atoms with Gasteiger partial charge in [-0.2, -0.15) is 0 Å². The highest BCUT2D eigenvalue weighted by Gasteiger charge is 2.18. The van der Waals surface area contributed by atoms with Gasteiger partial charge in [0.15, 0.2) is 0 Å². The summed E-state index contributed by atoms with van der Waals surface area (Å²) in [5.74, 6) is -0.675. The second kappa shape index (κ2) is 10.8. The summed E-state index contributed by atoms with van der Waals surface area (Å²) in [6, 6.07) is 11.1. The van der Waals surface area contributed by atoms with E-state index in [1.54, 1.807) is 12.4 Å². The van der Waals surface area contributed by atoms with Gasteiger partial charge in [0.2, 0.25) is 0 Å². The minimum Gasteiger partial charge on any atom is -0.481 e. The van der Waals surface area contributed by atoms with Gasteiger partial charge in [0.05, 0.1) is 16.2 Å². The normalized spacial score (nSPS) is 13.4. The molecular weight excluding hydrogens is 416 g/mol. The maximum Gasteiger partial charge on any atom is 0.303 e. The fourth-order valence-electron chi connectivity index (χ4n) is 3.25. The van der Waals surface area contributed by atoms with Gasteiger partial charge in [0.1, 0.15) is 0 Å². The van der Waals surface area contributed by atoms with E-state index >= 15 is 0 Å². The van der Waals surface area contributed by atoms with Crippen molar-refractivity contribution in [1.29, 1.82) is 0 Å². The van der Waals surface area contributed by atoms with E-state index < -0.39 is 5.97 Å². The van der Waals surface area contributed by atoms with Crippen molar-refractivity contribution in [2.24, 2.45) is 0 Å². The highest BCUT2D eigenvalue weighted by molar-refractivity contribution is 6.35. The third-order valence-electron chi connectivity index (χ3n) is 4.83. The van der Waals surface area contributed by atoms with Crippen molar-refractivity contribution >= 4 is 34.4 Å². The molecule has 8 heteroatoms. The highest BCUT2D eigenvalue weighted by atomic mass is 35.5. The fraction of sp³-hybridized carbons (Fsp3) is 0.304. The van der Waals surface area contributed by atoms with Crippen molar-refractivity contribution in [2.45, 2.75) is 19.8 Å². The molecule has 0 unspecified atom stereocenters. The topological polar surface area (TPSA) is 95.4 Å². The number of aliphatic carboxylic acids is 1. The summed E-state index contributed by atoms with van der Waals surface area (Å²) < 4.78 is 0. The number of carboxylic acid groups (broad SMARTS) is 1. The lowest BCUT2D eigenvalue weighted by Crippen LogP contribution is -2.46. The van der Waals surface area contributed by atoms with Gasteiger partial charge in [-0.15, -0.1) is 0 Å². The van der Waals surface area contributed by atoms with Crippen LogP contribution < -0.4 is 5.32 Å². The number of pyridine rings is 2. The molecule has 1 aliphatic heterocycles. The molecule has 2 aromatic heterocycles. The van der Waals surface area contributed by atoms with Crippen LogP contribution in [-0.4, -0.2) is 58.0 Å². The van der Waals surface area contributed by atoms with Gasteiger partial charge in [-0.25, -0.2) is 4.98 Å². The number of hydrogen-bond donors (Lipinski definition) is 2. The summed E-state index contributed by atoms with van der Waals surface area (Å²) in [6.07, 6.45) is 4.49. The molecule has 1 fully saturated rings. The van der Waals surface area contributed by atoms with E-state index in [1.807, 2.05) is 48.2 Å². The van der Waals surface area contributed by atoms with Crippen LogP contribution in [0.4, 0.5) is 0 Å². The van der Waals surface area contributed by atoms with Gasteiger partial charge in [0, 0.05) is 61.5 Å². The van der Waals surface area contributed by atoms with E-state index in [-0.39, 0.29) is 5.91 Å².